The molecule has 8 heteroatoms. The molecule has 0 unspecified atom stereocenters. The van der Waals surface area contributed by atoms with E-state index in [1.54, 1.807) is 0 Å². The van der Waals surface area contributed by atoms with Gasteiger partial charge in [0.05, 0.1) is 11.4 Å². The van der Waals surface area contributed by atoms with E-state index in [0.717, 1.165) is 29.6 Å². The first-order valence-electron chi connectivity index (χ1n) is 7.49. The minimum atomic E-state index is -0.893. The topological polar surface area (TPSA) is 85.8 Å². The third kappa shape index (κ3) is 3.33. The molecule has 1 N–H and O–H groups in total. The summed E-state index contributed by atoms with van der Waals surface area (Å²) in [7, 11) is 0. The van der Waals surface area contributed by atoms with Crippen LogP contribution in [0.2, 0.25) is 0 Å². The van der Waals surface area contributed by atoms with Crippen molar-refractivity contribution in [1.82, 2.24) is 24.5 Å². The third-order valence-electron chi connectivity index (χ3n) is 3.41. The molecule has 0 fully saturated rings. The molecule has 3 aromatic rings. The predicted molar refractivity (Wildman–Crippen MR) is 91.4 cm³/mol. The second-order valence-electron chi connectivity index (χ2n) is 5.22. The quantitative estimate of drug-likeness (QED) is 0.693. The second kappa shape index (κ2) is 6.88. The molecule has 7 nitrogen and oxygen atoms in total. The molecule has 0 aliphatic carbocycles. The minimum absolute atomic E-state index is 0.0760. The van der Waals surface area contributed by atoms with Crippen LogP contribution in [-0.2, 0) is 11.3 Å². The molecule has 24 heavy (non-hydrogen) atoms. The molecular weight excluding hydrogens is 326 g/mol. The van der Waals surface area contributed by atoms with Gasteiger partial charge < -0.3 is 5.11 Å². The summed E-state index contributed by atoms with van der Waals surface area (Å²) < 4.78 is 3.66. The van der Waals surface area contributed by atoms with E-state index >= 15 is 0 Å². The molecule has 1 aromatic carbocycles. The maximum Gasteiger partial charge on any atom is 0.313 e. The molecule has 2 heterocycles. The number of carbonyl (C=O) groups is 1. The summed E-state index contributed by atoms with van der Waals surface area (Å²) in [6, 6.07) is 9.79. The zero-order valence-electron chi connectivity index (χ0n) is 13.4. The fourth-order valence-corrected chi connectivity index (χ4v) is 2.98. The number of aromatic nitrogens is 5. The van der Waals surface area contributed by atoms with Gasteiger partial charge in [0.2, 0.25) is 0 Å². The number of carboxylic acid groups (broad SMARTS) is 1. The molecule has 0 amide bonds. The summed E-state index contributed by atoms with van der Waals surface area (Å²) in [5.74, 6) is -0.371. The van der Waals surface area contributed by atoms with Crippen LogP contribution in [0, 0.1) is 6.92 Å². The van der Waals surface area contributed by atoms with Gasteiger partial charge in [-0.05, 0) is 37.6 Å². The highest BCUT2D eigenvalue weighted by Gasteiger charge is 2.18. The van der Waals surface area contributed by atoms with Crippen LogP contribution >= 0.6 is 11.8 Å². The molecule has 0 aliphatic heterocycles. The van der Waals surface area contributed by atoms with Gasteiger partial charge in [-0.2, -0.15) is 5.10 Å². The van der Waals surface area contributed by atoms with Crippen molar-refractivity contribution in [2.45, 2.75) is 25.5 Å². The van der Waals surface area contributed by atoms with Gasteiger partial charge in [-0.3, -0.25) is 14.0 Å². The van der Waals surface area contributed by atoms with E-state index in [-0.39, 0.29) is 5.75 Å². The van der Waals surface area contributed by atoms with Gasteiger partial charge in [0.25, 0.3) is 0 Å². The Labute approximate surface area is 143 Å². The van der Waals surface area contributed by atoms with E-state index in [1.807, 2.05) is 59.6 Å². The first kappa shape index (κ1) is 16.3. The smallest absolute Gasteiger partial charge is 0.313 e. The molecule has 2 aromatic heterocycles. The predicted octanol–water partition coefficient (Wildman–Crippen LogP) is 2.64. The number of carboxylic acids is 1. The van der Waals surface area contributed by atoms with E-state index in [0.29, 0.717) is 16.7 Å². The molecular formula is C16H17N5O2S. The van der Waals surface area contributed by atoms with Crippen molar-refractivity contribution in [3.05, 3.63) is 42.1 Å². The Bertz CT molecular complexity index is 871. The van der Waals surface area contributed by atoms with Crippen LogP contribution in [0.5, 0.6) is 0 Å². The Morgan fingerprint density at radius 2 is 2.12 bits per heavy atom. The molecule has 0 spiro atoms. The Kier molecular flexibility index (Phi) is 4.66. The first-order chi connectivity index (χ1) is 11.6. The Balaban J connectivity index is 2.10. The highest BCUT2D eigenvalue weighted by molar-refractivity contribution is 7.99. The van der Waals surface area contributed by atoms with Crippen LogP contribution in [-0.4, -0.2) is 41.4 Å². The lowest BCUT2D eigenvalue weighted by Gasteiger charge is -2.09. The van der Waals surface area contributed by atoms with Crippen LogP contribution in [0.3, 0.4) is 0 Å². The number of aryl methyl sites for hydroxylation is 2. The summed E-state index contributed by atoms with van der Waals surface area (Å²) in [5.41, 5.74) is 2.68. The van der Waals surface area contributed by atoms with E-state index in [1.165, 1.54) is 0 Å². The van der Waals surface area contributed by atoms with E-state index < -0.39 is 5.97 Å². The van der Waals surface area contributed by atoms with Gasteiger partial charge in [0, 0.05) is 12.7 Å². The molecule has 0 saturated carbocycles. The number of aliphatic carboxylic acids is 1. The van der Waals surface area contributed by atoms with Crippen molar-refractivity contribution in [2.24, 2.45) is 0 Å². The zero-order valence-corrected chi connectivity index (χ0v) is 14.2. The van der Waals surface area contributed by atoms with Crippen LogP contribution in [0.15, 0.2) is 41.7 Å². The summed E-state index contributed by atoms with van der Waals surface area (Å²) in [6.07, 6.45) is 1.88. The van der Waals surface area contributed by atoms with Crippen LogP contribution < -0.4 is 0 Å². The highest BCUT2D eigenvalue weighted by atomic mass is 32.2. The van der Waals surface area contributed by atoms with E-state index in [9.17, 15) is 4.79 Å². The fraction of sp³-hybridized carbons (Fsp3) is 0.250. The number of hydrogen-bond donors (Lipinski definition) is 1. The van der Waals surface area contributed by atoms with Crippen molar-refractivity contribution in [2.75, 3.05) is 5.75 Å². The largest absolute Gasteiger partial charge is 0.481 e. The normalized spacial score (nSPS) is 10.9. The van der Waals surface area contributed by atoms with Crippen molar-refractivity contribution >= 4 is 17.7 Å². The fourth-order valence-electron chi connectivity index (χ4n) is 2.31. The maximum absolute atomic E-state index is 10.9. The summed E-state index contributed by atoms with van der Waals surface area (Å²) in [4.78, 5) is 10.9. The van der Waals surface area contributed by atoms with Gasteiger partial charge in [-0.25, -0.2) is 0 Å². The average molecular weight is 343 g/mol. The van der Waals surface area contributed by atoms with Crippen LogP contribution in [0.4, 0.5) is 0 Å². The van der Waals surface area contributed by atoms with Gasteiger partial charge in [-0.1, -0.05) is 23.9 Å². The Morgan fingerprint density at radius 3 is 2.79 bits per heavy atom. The third-order valence-corrected chi connectivity index (χ3v) is 4.33. The molecule has 0 aliphatic rings. The SMILES string of the molecule is CCn1ccc(-c2nnc(SCC(=O)O)n2-c2cccc(C)c2)n1. The van der Waals surface area contributed by atoms with Gasteiger partial charge >= 0.3 is 5.97 Å². The number of thioether (sulfide) groups is 1. The Morgan fingerprint density at radius 1 is 1.29 bits per heavy atom. The van der Waals surface area contributed by atoms with Crippen molar-refractivity contribution < 1.29 is 9.90 Å². The number of rotatable bonds is 6. The summed E-state index contributed by atoms with van der Waals surface area (Å²) >= 11 is 1.14. The number of hydrogen-bond acceptors (Lipinski definition) is 5. The highest BCUT2D eigenvalue weighted by Crippen LogP contribution is 2.27. The molecule has 3 rings (SSSR count). The van der Waals surface area contributed by atoms with E-state index in [2.05, 4.69) is 15.3 Å². The maximum atomic E-state index is 10.9. The molecule has 0 radical (unpaired) electrons. The lowest BCUT2D eigenvalue weighted by atomic mass is 10.2. The molecule has 0 bridgehead atoms. The lowest BCUT2D eigenvalue weighted by Crippen LogP contribution is -2.04. The minimum Gasteiger partial charge on any atom is -0.481 e. The summed E-state index contributed by atoms with van der Waals surface area (Å²) in [6.45, 7) is 4.78. The van der Waals surface area contributed by atoms with Crippen molar-refractivity contribution in [3.63, 3.8) is 0 Å². The standard InChI is InChI=1S/C16H17N5O2S/c1-3-20-8-7-13(19-20)15-17-18-16(24-10-14(22)23)21(15)12-6-4-5-11(2)9-12/h4-9H,3,10H2,1-2H3,(H,22,23). The number of nitrogens with zero attached hydrogens (tertiary/aromatic N) is 5. The first-order valence-corrected chi connectivity index (χ1v) is 8.48. The van der Waals surface area contributed by atoms with Gasteiger partial charge in [0.15, 0.2) is 11.0 Å². The van der Waals surface area contributed by atoms with Gasteiger partial charge in [-0.15, -0.1) is 10.2 Å². The molecule has 0 saturated heterocycles. The van der Waals surface area contributed by atoms with E-state index in [4.69, 9.17) is 5.11 Å². The average Bonchev–Trinajstić information content (AvgIpc) is 3.19. The second-order valence-corrected chi connectivity index (χ2v) is 6.16. The van der Waals surface area contributed by atoms with Gasteiger partial charge in [0.1, 0.15) is 5.69 Å². The molecule has 124 valence electrons. The number of benzene rings is 1. The monoisotopic (exact) mass is 343 g/mol. The van der Waals surface area contributed by atoms with Crippen molar-refractivity contribution in [3.8, 4) is 17.2 Å². The zero-order chi connectivity index (χ0) is 17.1. The lowest BCUT2D eigenvalue weighted by molar-refractivity contribution is -0.133. The van der Waals surface area contributed by atoms with Crippen LogP contribution in [0.1, 0.15) is 12.5 Å². The van der Waals surface area contributed by atoms with Crippen LogP contribution in [0.25, 0.3) is 17.2 Å². The Hall–Kier alpha value is -2.61. The summed E-state index contributed by atoms with van der Waals surface area (Å²) in [5, 5.41) is 22.4. The van der Waals surface area contributed by atoms with Crippen molar-refractivity contribution in [1.29, 1.82) is 0 Å². The molecule has 0 atom stereocenters.